The second-order valence-electron chi connectivity index (χ2n) is 18.9. The van der Waals surface area contributed by atoms with Crippen LogP contribution in [0.2, 0.25) is 0 Å². The van der Waals surface area contributed by atoms with Crippen molar-refractivity contribution in [3.8, 4) is 27.9 Å². The van der Waals surface area contributed by atoms with Crippen LogP contribution in [-0.2, 0) is 0 Å². The Labute approximate surface area is 404 Å². The van der Waals surface area contributed by atoms with Gasteiger partial charge in [0.2, 0.25) is 0 Å². The molecule has 0 radical (unpaired) electrons. The van der Waals surface area contributed by atoms with E-state index in [1.807, 2.05) is 0 Å². The Kier molecular flexibility index (Phi) is 10.4. The van der Waals surface area contributed by atoms with Crippen LogP contribution in [0.3, 0.4) is 0 Å². The minimum atomic E-state index is 0.275. The molecule has 0 spiro atoms. The maximum atomic E-state index is 2.56. The molecule has 9 aromatic rings. The molecule has 332 valence electrons. The average molecular weight is 888 g/mol. The number of allylic oxidation sites excluding steroid dienone is 11. The fraction of sp³-hybridized carbons (Fsp3) is 0.121. The van der Waals surface area contributed by atoms with Crippen molar-refractivity contribution in [2.75, 3.05) is 4.90 Å². The molecule has 69 heavy (non-hydrogen) atoms. The van der Waals surface area contributed by atoms with Gasteiger partial charge in [0.1, 0.15) is 0 Å². The molecule has 0 N–H and O–H groups in total. The highest BCUT2D eigenvalue weighted by Gasteiger charge is 2.28. The Morgan fingerprint density at radius 1 is 0.449 bits per heavy atom. The van der Waals surface area contributed by atoms with E-state index in [9.17, 15) is 0 Å². The van der Waals surface area contributed by atoms with Crippen LogP contribution in [0.4, 0.5) is 11.4 Å². The summed E-state index contributed by atoms with van der Waals surface area (Å²) in [7, 11) is 0. The minimum Gasteiger partial charge on any atom is -0.311 e. The van der Waals surface area contributed by atoms with Gasteiger partial charge in [-0.2, -0.15) is 0 Å². The molecule has 0 saturated heterocycles. The van der Waals surface area contributed by atoms with Gasteiger partial charge in [-0.1, -0.05) is 164 Å². The van der Waals surface area contributed by atoms with Crippen molar-refractivity contribution in [2.24, 2.45) is 5.92 Å². The number of nitrogens with zero attached hydrogens (tertiary/aromatic N) is 3. The fourth-order valence-electron chi connectivity index (χ4n) is 11.5. The van der Waals surface area contributed by atoms with Crippen molar-refractivity contribution in [3.63, 3.8) is 0 Å². The summed E-state index contributed by atoms with van der Waals surface area (Å²) in [5.41, 5.74) is 17.3. The van der Waals surface area contributed by atoms with Gasteiger partial charge in [0, 0.05) is 67.0 Å². The molecule has 2 atom stereocenters. The van der Waals surface area contributed by atoms with Crippen molar-refractivity contribution in [2.45, 2.75) is 44.4 Å². The molecule has 0 amide bonds. The Balaban J connectivity index is 0.904. The summed E-state index contributed by atoms with van der Waals surface area (Å²) in [6.07, 6.45) is 32.3. The summed E-state index contributed by atoms with van der Waals surface area (Å²) in [5, 5.41) is 6.55. The van der Waals surface area contributed by atoms with Gasteiger partial charge >= 0.3 is 0 Å². The van der Waals surface area contributed by atoms with Crippen LogP contribution in [0.1, 0.15) is 50.0 Å². The monoisotopic (exact) mass is 887 g/mol. The average Bonchev–Trinajstić information content (AvgIpc) is 3.95. The molecule has 0 aliphatic heterocycles. The van der Waals surface area contributed by atoms with E-state index in [1.54, 1.807) is 0 Å². The molecule has 4 aliphatic rings. The molecule has 2 heterocycles. The zero-order chi connectivity index (χ0) is 45.7. The van der Waals surface area contributed by atoms with Gasteiger partial charge < -0.3 is 14.0 Å². The van der Waals surface area contributed by atoms with Gasteiger partial charge in [-0.25, -0.2) is 0 Å². The third kappa shape index (κ3) is 7.37. The van der Waals surface area contributed by atoms with E-state index in [1.165, 1.54) is 93.7 Å². The van der Waals surface area contributed by atoms with Crippen LogP contribution in [0.25, 0.3) is 78.5 Å². The van der Waals surface area contributed by atoms with E-state index >= 15 is 0 Å². The molecule has 4 aliphatic carbocycles. The van der Waals surface area contributed by atoms with E-state index in [-0.39, 0.29) is 5.92 Å². The first-order valence-electron chi connectivity index (χ1n) is 24.9. The van der Waals surface area contributed by atoms with Crippen molar-refractivity contribution in [1.29, 1.82) is 0 Å². The molecule has 2 aromatic heterocycles. The first-order valence-corrected chi connectivity index (χ1v) is 24.9. The van der Waals surface area contributed by atoms with E-state index in [0.717, 1.165) is 49.9 Å². The SMILES string of the molecule is C1=CCC(C2=CC(c3ccccc3)CC=C2N(c2ccc(-c3ccc4c(c3)c3c(n4C4=CCCC=C4)=CCCC=3)cc2)c2ccc(-c3ccc4c(c3)c3ccccc3n4-c3ccccc3)cc2)C=C1. The van der Waals surface area contributed by atoms with E-state index in [2.05, 4.69) is 251 Å². The zero-order valence-corrected chi connectivity index (χ0v) is 38.8. The second-order valence-corrected chi connectivity index (χ2v) is 18.9. The molecule has 0 fully saturated rings. The summed E-state index contributed by atoms with van der Waals surface area (Å²) >= 11 is 0. The summed E-state index contributed by atoms with van der Waals surface area (Å²) in [5.74, 6) is 0.590. The number of rotatable bonds is 9. The maximum Gasteiger partial charge on any atom is 0.0541 e. The van der Waals surface area contributed by atoms with Gasteiger partial charge in [0.25, 0.3) is 0 Å². The highest BCUT2D eigenvalue weighted by Crippen LogP contribution is 2.44. The Hall–Kier alpha value is -8.14. The Morgan fingerprint density at radius 3 is 1.80 bits per heavy atom. The molecule has 3 heteroatoms. The lowest BCUT2D eigenvalue weighted by atomic mass is 9.80. The molecule has 0 saturated carbocycles. The standard InChI is InChI=1S/C66H53N3/c1-5-17-46(18-6-1)50-33-40-64(59(43-50)49-19-7-2-8-20-49)67(55-36-29-47(30-37-55)51-34-41-65-60(44-51)57-25-13-15-27-62(57)68(65)53-21-9-3-10-22-53)56-38-31-48(32-39-56)52-35-42-66-61(45-52)58-26-14-16-28-63(58)69(66)54-23-11-4-12-24-54/h1-3,5-11,13,15,17-19,21-32,34-45,49-50H,4,12,14,16,20,33H2. The van der Waals surface area contributed by atoms with Gasteiger partial charge in [0.15, 0.2) is 0 Å². The van der Waals surface area contributed by atoms with Crippen molar-refractivity contribution in [1.82, 2.24) is 9.13 Å². The highest BCUT2D eigenvalue weighted by molar-refractivity contribution is 6.10. The van der Waals surface area contributed by atoms with Crippen LogP contribution in [0.5, 0.6) is 0 Å². The second kappa shape index (κ2) is 17.5. The first kappa shape index (κ1) is 41.1. The van der Waals surface area contributed by atoms with Crippen LogP contribution in [0, 0.1) is 5.92 Å². The van der Waals surface area contributed by atoms with Crippen molar-refractivity contribution in [3.05, 3.63) is 252 Å². The van der Waals surface area contributed by atoms with Crippen LogP contribution in [-0.4, -0.2) is 9.13 Å². The highest BCUT2D eigenvalue weighted by atomic mass is 15.2. The van der Waals surface area contributed by atoms with Crippen LogP contribution in [0.15, 0.2) is 236 Å². The van der Waals surface area contributed by atoms with Crippen LogP contribution < -0.4 is 15.5 Å². The maximum absolute atomic E-state index is 2.56. The Morgan fingerprint density at radius 2 is 1.09 bits per heavy atom. The van der Waals surface area contributed by atoms with Gasteiger partial charge in [0.05, 0.1) is 16.6 Å². The molecular formula is C66H53N3. The third-order valence-corrected chi connectivity index (χ3v) is 14.8. The molecule has 3 nitrogen and oxygen atoms in total. The number of hydrogen-bond acceptors (Lipinski definition) is 1. The summed E-state index contributed by atoms with van der Waals surface area (Å²) in [4.78, 5) is 2.51. The van der Waals surface area contributed by atoms with Crippen molar-refractivity contribution >= 4 is 61.9 Å². The number of benzene rings is 7. The molecule has 13 rings (SSSR count). The molecular weight excluding hydrogens is 835 g/mol. The molecule has 7 aromatic carbocycles. The summed E-state index contributed by atoms with van der Waals surface area (Å²) < 4.78 is 4.87. The normalized spacial score (nSPS) is 17.5. The lowest BCUT2D eigenvalue weighted by Crippen LogP contribution is -2.30. The topological polar surface area (TPSA) is 13.1 Å². The number of anilines is 2. The van der Waals surface area contributed by atoms with E-state index in [4.69, 9.17) is 0 Å². The van der Waals surface area contributed by atoms with Crippen LogP contribution >= 0.6 is 0 Å². The number of aromatic nitrogens is 2. The van der Waals surface area contributed by atoms with Gasteiger partial charge in [-0.05, 0) is 145 Å². The quantitative estimate of drug-likeness (QED) is 0.141. The number of fused-ring (bicyclic) bond motifs is 6. The predicted molar refractivity (Wildman–Crippen MR) is 292 cm³/mol. The summed E-state index contributed by atoms with van der Waals surface area (Å²) in [6, 6.07) is 63.1. The zero-order valence-electron chi connectivity index (χ0n) is 38.8. The fourth-order valence-corrected chi connectivity index (χ4v) is 11.5. The van der Waals surface area contributed by atoms with Gasteiger partial charge in [-0.3, -0.25) is 0 Å². The molecule has 0 bridgehead atoms. The lowest BCUT2D eigenvalue weighted by Gasteiger charge is -2.35. The number of para-hydroxylation sites is 2. The predicted octanol–water partition coefficient (Wildman–Crippen LogP) is 15.9. The summed E-state index contributed by atoms with van der Waals surface area (Å²) in [6.45, 7) is 0. The Bertz CT molecular complexity index is 3760. The minimum absolute atomic E-state index is 0.275. The van der Waals surface area contributed by atoms with E-state index < -0.39 is 0 Å². The molecule has 2 unspecified atom stereocenters. The van der Waals surface area contributed by atoms with E-state index in [0.29, 0.717) is 5.92 Å². The third-order valence-electron chi connectivity index (χ3n) is 14.8. The van der Waals surface area contributed by atoms with Gasteiger partial charge in [-0.15, -0.1) is 0 Å². The smallest absolute Gasteiger partial charge is 0.0541 e. The lowest BCUT2D eigenvalue weighted by molar-refractivity contribution is 0.723. The van der Waals surface area contributed by atoms with Crippen molar-refractivity contribution < 1.29 is 0 Å². The largest absolute Gasteiger partial charge is 0.311 e. The number of hydrogen-bond donors (Lipinski definition) is 0. The first-order chi connectivity index (χ1) is 34.2.